The van der Waals surface area contributed by atoms with Crippen molar-refractivity contribution in [1.82, 2.24) is 20.4 Å². The normalized spacial score (nSPS) is 14.8. The topological polar surface area (TPSA) is 64.7 Å². The van der Waals surface area contributed by atoms with Crippen LogP contribution in [0.1, 0.15) is 24.0 Å². The molecule has 0 aliphatic carbocycles. The number of rotatable bonds is 12. The Hall–Kier alpha value is -2.06. The lowest BCUT2D eigenvalue weighted by Gasteiger charge is -2.34. The summed E-state index contributed by atoms with van der Waals surface area (Å²) < 4.78 is 0. The molecule has 0 unspecified atom stereocenters. The number of piperazine rings is 1. The van der Waals surface area contributed by atoms with Gasteiger partial charge < -0.3 is 20.4 Å². The van der Waals surface area contributed by atoms with E-state index in [0.29, 0.717) is 44.3 Å². The van der Waals surface area contributed by atoms with Crippen LogP contribution in [-0.4, -0.2) is 74.0 Å². The van der Waals surface area contributed by atoms with Crippen LogP contribution in [0.5, 0.6) is 0 Å². The van der Waals surface area contributed by atoms with Crippen molar-refractivity contribution in [3.05, 3.63) is 79.8 Å². The average Bonchev–Trinajstić information content (AvgIpc) is 2.89. The highest BCUT2D eigenvalue weighted by molar-refractivity contribution is 6.37. The maximum absolute atomic E-state index is 12.1. The molecule has 0 atom stereocenters. The molecule has 3 rings (SSSR count). The van der Waals surface area contributed by atoms with Gasteiger partial charge in [-0.25, -0.2) is 0 Å². The van der Waals surface area contributed by atoms with Crippen LogP contribution < -0.4 is 10.6 Å². The fourth-order valence-corrected chi connectivity index (χ4v) is 5.09. The summed E-state index contributed by atoms with van der Waals surface area (Å²) in [4.78, 5) is 29.0. The van der Waals surface area contributed by atoms with Crippen molar-refractivity contribution in [2.45, 2.75) is 12.8 Å². The summed E-state index contributed by atoms with van der Waals surface area (Å²) in [5.41, 5.74) is 1.28. The maximum atomic E-state index is 12.1. The molecule has 10 heteroatoms. The number of nitrogens with zero attached hydrogens (tertiary/aromatic N) is 2. The highest BCUT2D eigenvalue weighted by Gasteiger charge is 2.16. The van der Waals surface area contributed by atoms with E-state index in [9.17, 15) is 9.59 Å². The summed E-state index contributed by atoms with van der Waals surface area (Å²) in [6, 6.07) is 10.5. The van der Waals surface area contributed by atoms with Gasteiger partial charge in [0.25, 0.3) is 0 Å². The molecule has 2 aromatic rings. The van der Waals surface area contributed by atoms with Crippen molar-refractivity contribution in [3.63, 3.8) is 0 Å². The molecule has 0 bridgehead atoms. The number of hydrogen-bond donors (Lipinski definition) is 2. The first-order valence-electron chi connectivity index (χ1n) is 12.6. The molecule has 1 aliphatic rings. The zero-order valence-corrected chi connectivity index (χ0v) is 24.1. The monoisotopic (exact) mass is 596 g/mol. The average molecular weight is 598 g/mol. The van der Waals surface area contributed by atoms with Crippen LogP contribution in [0.4, 0.5) is 0 Å². The van der Waals surface area contributed by atoms with Gasteiger partial charge in [0.1, 0.15) is 0 Å². The van der Waals surface area contributed by atoms with Crippen LogP contribution >= 0.6 is 46.4 Å². The number of amides is 2. The van der Waals surface area contributed by atoms with E-state index in [-0.39, 0.29) is 11.8 Å². The van der Waals surface area contributed by atoms with Gasteiger partial charge in [0.2, 0.25) is 11.8 Å². The molecule has 0 saturated carbocycles. The predicted octanol–water partition coefficient (Wildman–Crippen LogP) is 5.66. The number of hydrogen-bond acceptors (Lipinski definition) is 4. The lowest BCUT2D eigenvalue weighted by Crippen LogP contribution is -2.47. The van der Waals surface area contributed by atoms with Crippen molar-refractivity contribution < 1.29 is 9.59 Å². The van der Waals surface area contributed by atoms with Gasteiger partial charge in [-0.2, -0.15) is 0 Å². The lowest BCUT2D eigenvalue weighted by molar-refractivity contribution is -0.117. The van der Waals surface area contributed by atoms with Gasteiger partial charge in [0.15, 0.2) is 0 Å². The van der Waals surface area contributed by atoms with Crippen LogP contribution in [-0.2, 0) is 9.59 Å². The standard InChI is InChI=1S/C28H32Cl4N4O2/c29-23-5-1-6-24(30)21(23)9-11-27(37)33-13-3-15-35-17-19-36(20-18-35)16-4-14-34-28(38)12-10-22-25(31)7-2-8-26(22)32/h1-2,5-12H,3-4,13-20H2,(H,33,37)(H,34,38)/b11-9+,12-10+. The molecule has 2 N–H and O–H groups in total. The van der Waals surface area contributed by atoms with Gasteiger partial charge in [-0.3, -0.25) is 9.59 Å². The summed E-state index contributed by atoms with van der Waals surface area (Å²) in [5, 5.41) is 7.86. The molecular formula is C28H32Cl4N4O2. The van der Waals surface area contributed by atoms with Gasteiger partial charge in [-0.05, 0) is 62.3 Å². The third-order valence-corrected chi connectivity index (χ3v) is 7.49. The molecule has 0 aromatic heterocycles. The van der Waals surface area contributed by atoms with E-state index < -0.39 is 0 Å². The van der Waals surface area contributed by atoms with Crippen LogP contribution in [0, 0.1) is 0 Å². The highest BCUT2D eigenvalue weighted by atomic mass is 35.5. The number of nitrogens with one attached hydrogen (secondary N) is 2. The maximum Gasteiger partial charge on any atom is 0.244 e. The smallest absolute Gasteiger partial charge is 0.244 e. The quantitative estimate of drug-likeness (QED) is 0.245. The minimum atomic E-state index is -0.166. The van der Waals surface area contributed by atoms with E-state index in [1.54, 1.807) is 48.6 Å². The fraction of sp³-hybridized carbons (Fsp3) is 0.357. The number of carbonyl (C=O) groups is 2. The van der Waals surface area contributed by atoms with Gasteiger partial charge in [0, 0.05) is 82.6 Å². The van der Waals surface area contributed by atoms with E-state index in [4.69, 9.17) is 46.4 Å². The second-order valence-corrected chi connectivity index (χ2v) is 10.5. The van der Waals surface area contributed by atoms with Crippen LogP contribution in [0.3, 0.4) is 0 Å². The molecule has 38 heavy (non-hydrogen) atoms. The minimum Gasteiger partial charge on any atom is -0.353 e. The molecule has 0 radical (unpaired) electrons. The Labute approximate surface area is 244 Å². The molecule has 2 aromatic carbocycles. The Balaban J connectivity index is 1.23. The van der Waals surface area contributed by atoms with Crippen molar-refractivity contribution in [3.8, 4) is 0 Å². The molecule has 2 amide bonds. The summed E-state index contributed by atoms with van der Waals surface area (Å²) >= 11 is 24.5. The molecule has 204 valence electrons. The Bertz CT molecular complexity index is 1020. The molecule has 1 fully saturated rings. The van der Waals surface area contributed by atoms with Crippen molar-refractivity contribution >= 4 is 70.4 Å². The third kappa shape index (κ3) is 10.3. The Morgan fingerprint density at radius 3 is 1.34 bits per heavy atom. The van der Waals surface area contributed by atoms with E-state index in [0.717, 1.165) is 52.1 Å². The van der Waals surface area contributed by atoms with Crippen molar-refractivity contribution in [1.29, 1.82) is 0 Å². The zero-order chi connectivity index (χ0) is 27.3. The van der Waals surface area contributed by atoms with Crippen LogP contribution in [0.15, 0.2) is 48.6 Å². The van der Waals surface area contributed by atoms with Gasteiger partial charge in [0.05, 0.1) is 0 Å². The fourth-order valence-electron chi connectivity index (χ4n) is 4.04. The molecule has 6 nitrogen and oxygen atoms in total. The van der Waals surface area contributed by atoms with Gasteiger partial charge in [-0.1, -0.05) is 58.5 Å². The molecule has 1 saturated heterocycles. The Morgan fingerprint density at radius 2 is 1.00 bits per heavy atom. The summed E-state index contributed by atoms with van der Waals surface area (Å²) in [5.74, 6) is -0.331. The predicted molar refractivity (Wildman–Crippen MR) is 159 cm³/mol. The lowest BCUT2D eigenvalue weighted by atomic mass is 10.2. The number of halogens is 4. The van der Waals surface area contributed by atoms with Gasteiger partial charge >= 0.3 is 0 Å². The van der Waals surface area contributed by atoms with Gasteiger partial charge in [-0.15, -0.1) is 0 Å². The SMILES string of the molecule is O=C(/C=C/c1c(Cl)cccc1Cl)NCCCN1CCN(CCCNC(=O)/C=C/c2c(Cl)cccc2Cl)CC1. The van der Waals surface area contributed by atoms with E-state index in [2.05, 4.69) is 20.4 Å². The first kappa shape index (κ1) is 30.5. The van der Waals surface area contributed by atoms with Crippen LogP contribution in [0.25, 0.3) is 12.2 Å². The Morgan fingerprint density at radius 1 is 0.658 bits per heavy atom. The minimum absolute atomic E-state index is 0.166. The van der Waals surface area contributed by atoms with E-state index >= 15 is 0 Å². The molecule has 1 heterocycles. The van der Waals surface area contributed by atoms with Crippen LogP contribution in [0.2, 0.25) is 20.1 Å². The largest absolute Gasteiger partial charge is 0.353 e. The second kappa shape index (κ2) is 16.1. The van der Waals surface area contributed by atoms with Crippen molar-refractivity contribution in [2.24, 2.45) is 0 Å². The molecular weight excluding hydrogens is 566 g/mol. The Kier molecular flexibility index (Phi) is 12.9. The summed E-state index contributed by atoms with van der Waals surface area (Å²) in [6.07, 6.45) is 7.95. The first-order chi connectivity index (χ1) is 18.3. The third-order valence-electron chi connectivity index (χ3n) is 6.17. The molecule has 0 spiro atoms. The summed E-state index contributed by atoms with van der Waals surface area (Å²) in [6.45, 7) is 7.06. The van der Waals surface area contributed by atoms with E-state index in [1.165, 1.54) is 12.2 Å². The number of carbonyl (C=O) groups excluding carboxylic acids is 2. The second-order valence-electron chi connectivity index (χ2n) is 8.91. The van der Waals surface area contributed by atoms with E-state index in [1.807, 2.05) is 0 Å². The zero-order valence-electron chi connectivity index (χ0n) is 21.1. The first-order valence-corrected chi connectivity index (χ1v) is 14.1. The summed E-state index contributed by atoms with van der Waals surface area (Å²) in [7, 11) is 0. The molecule has 1 aliphatic heterocycles. The highest BCUT2D eigenvalue weighted by Crippen LogP contribution is 2.26. The van der Waals surface area contributed by atoms with Crippen molar-refractivity contribution in [2.75, 3.05) is 52.4 Å². The number of benzene rings is 2.